The summed E-state index contributed by atoms with van der Waals surface area (Å²) in [5.74, 6) is -2.24. The Balaban J connectivity index is 1.41. The van der Waals surface area contributed by atoms with Gasteiger partial charge in [0.05, 0.1) is 39.4 Å². The normalized spacial score (nSPS) is 20.3. The van der Waals surface area contributed by atoms with E-state index in [1.165, 1.54) is 22.3 Å². The van der Waals surface area contributed by atoms with Gasteiger partial charge in [0, 0.05) is 25.6 Å². The topological polar surface area (TPSA) is 106 Å². The fourth-order valence-corrected chi connectivity index (χ4v) is 5.36. The van der Waals surface area contributed by atoms with Crippen LogP contribution in [0.2, 0.25) is 0 Å². The lowest BCUT2D eigenvalue weighted by atomic mass is 10.1. The Morgan fingerprint density at radius 3 is 2.88 bits per heavy atom. The number of nitro benzene ring substituents is 1. The number of amides is 2. The summed E-state index contributed by atoms with van der Waals surface area (Å²) in [5.41, 5.74) is 0.268. The van der Waals surface area contributed by atoms with E-state index in [-0.39, 0.29) is 36.6 Å². The Hall–Kier alpha value is -3.44. The zero-order chi connectivity index (χ0) is 23.8. The van der Waals surface area contributed by atoms with Crippen molar-refractivity contribution in [3.63, 3.8) is 0 Å². The van der Waals surface area contributed by atoms with Gasteiger partial charge in [-0.25, -0.2) is 4.98 Å². The van der Waals surface area contributed by atoms with Gasteiger partial charge in [0.15, 0.2) is 5.13 Å². The maximum Gasteiger partial charge on any atom is 0.306 e. The number of carbonyl (C=O) groups excluding carboxylic acids is 2. The smallest absolute Gasteiger partial charge is 0.306 e. The number of thiazole rings is 1. The van der Waals surface area contributed by atoms with Crippen molar-refractivity contribution >= 4 is 49.9 Å². The van der Waals surface area contributed by atoms with Gasteiger partial charge >= 0.3 is 5.69 Å². The van der Waals surface area contributed by atoms with Crippen molar-refractivity contribution in [2.24, 2.45) is 5.92 Å². The molecule has 2 unspecified atom stereocenters. The highest BCUT2D eigenvalue weighted by molar-refractivity contribution is 7.22. The van der Waals surface area contributed by atoms with Gasteiger partial charge in [0.1, 0.15) is 0 Å². The van der Waals surface area contributed by atoms with E-state index >= 15 is 0 Å². The largest absolute Gasteiger partial charge is 0.376 e. The molecule has 3 heterocycles. The first-order valence-electron chi connectivity index (χ1n) is 10.9. The molecule has 11 heteroatoms. The summed E-state index contributed by atoms with van der Waals surface area (Å²) >= 11 is 1.40. The second kappa shape index (κ2) is 9.07. The number of anilines is 2. The molecule has 2 saturated heterocycles. The maximum atomic E-state index is 13.8. The van der Waals surface area contributed by atoms with Crippen LogP contribution in [0.3, 0.4) is 0 Å². The van der Waals surface area contributed by atoms with E-state index in [0.717, 1.165) is 35.2 Å². The molecule has 9 nitrogen and oxygen atoms in total. The number of hydrogen-bond acceptors (Lipinski definition) is 7. The molecule has 0 aliphatic carbocycles. The number of carbonyl (C=O) groups is 2. The van der Waals surface area contributed by atoms with E-state index in [2.05, 4.69) is 4.98 Å². The average Bonchev–Trinajstić information content (AvgIpc) is 3.57. The number of rotatable bonds is 6. The van der Waals surface area contributed by atoms with Crippen LogP contribution in [0.4, 0.5) is 20.9 Å². The Morgan fingerprint density at radius 1 is 1.32 bits per heavy atom. The molecule has 2 atom stereocenters. The molecule has 2 aliphatic heterocycles. The van der Waals surface area contributed by atoms with Crippen LogP contribution in [0.5, 0.6) is 0 Å². The highest BCUT2D eigenvalue weighted by Gasteiger charge is 2.39. The van der Waals surface area contributed by atoms with E-state index in [9.17, 15) is 24.1 Å². The van der Waals surface area contributed by atoms with Crippen LogP contribution in [0.25, 0.3) is 10.2 Å². The Morgan fingerprint density at radius 2 is 2.15 bits per heavy atom. The number of halogens is 1. The minimum absolute atomic E-state index is 0.0447. The van der Waals surface area contributed by atoms with Crippen molar-refractivity contribution in [2.75, 3.05) is 29.5 Å². The van der Waals surface area contributed by atoms with Crippen LogP contribution in [0.15, 0.2) is 42.5 Å². The Labute approximate surface area is 197 Å². The highest BCUT2D eigenvalue weighted by atomic mass is 32.1. The van der Waals surface area contributed by atoms with Gasteiger partial charge < -0.3 is 9.64 Å². The van der Waals surface area contributed by atoms with Crippen LogP contribution in [0, 0.1) is 21.8 Å². The molecule has 0 spiro atoms. The van der Waals surface area contributed by atoms with Crippen molar-refractivity contribution in [1.82, 2.24) is 4.98 Å². The molecular formula is C23H21FN4O5S. The summed E-state index contributed by atoms with van der Waals surface area (Å²) in [6.07, 6.45) is 1.61. The lowest BCUT2D eigenvalue weighted by Gasteiger charge is -2.25. The second-order valence-electron chi connectivity index (χ2n) is 8.35. The highest BCUT2D eigenvalue weighted by Crippen LogP contribution is 2.34. The fraction of sp³-hybridized carbons (Fsp3) is 0.348. The third-order valence-corrected chi connectivity index (χ3v) is 7.16. The van der Waals surface area contributed by atoms with E-state index < -0.39 is 22.3 Å². The summed E-state index contributed by atoms with van der Waals surface area (Å²) in [6.45, 7) is 1.03. The number of fused-ring (bicyclic) bond motifs is 1. The van der Waals surface area contributed by atoms with E-state index in [4.69, 9.17) is 4.74 Å². The summed E-state index contributed by atoms with van der Waals surface area (Å²) in [7, 11) is 0. The molecule has 3 aromatic rings. The molecule has 2 amide bonds. The molecule has 0 radical (unpaired) electrons. The number of nitro groups is 1. The van der Waals surface area contributed by atoms with E-state index in [1.54, 1.807) is 4.90 Å². The fourth-order valence-electron chi connectivity index (χ4n) is 4.38. The van der Waals surface area contributed by atoms with Crippen LogP contribution < -0.4 is 9.80 Å². The van der Waals surface area contributed by atoms with E-state index in [0.29, 0.717) is 18.3 Å². The molecule has 2 aromatic carbocycles. The molecule has 5 rings (SSSR count). The van der Waals surface area contributed by atoms with Gasteiger partial charge in [-0.3, -0.25) is 24.6 Å². The van der Waals surface area contributed by atoms with Crippen molar-refractivity contribution in [3.8, 4) is 0 Å². The molecule has 176 valence electrons. The molecule has 2 aliphatic rings. The summed E-state index contributed by atoms with van der Waals surface area (Å²) in [4.78, 5) is 44.2. The minimum atomic E-state index is -0.980. The van der Waals surface area contributed by atoms with Crippen LogP contribution in [-0.2, 0) is 14.3 Å². The predicted octanol–water partition coefficient (Wildman–Crippen LogP) is 3.91. The zero-order valence-corrected chi connectivity index (χ0v) is 18.9. The third kappa shape index (κ3) is 4.24. The maximum absolute atomic E-state index is 13.8. The van der Waals surface area contributed by atoms with Gasteiger partial charge in [-0.1, -0.05) is 23.5 Å². The Bertz CT molecular complexity index is 1240. The molecule has 1 aromatic heterocycles. The molecule has 0 N–H and O–H groups in total. The van der Waals surface area contributed by atoms with Crippen LogP contribution in [-0.4, -0.2) is 47.5 Å². The van der Waals surface area contributed by atoms with E-state index in [1.807, 2.05) is 24.3 Å². The molecule has 0 saturated carbocycles. The molecule has 0 bridgehead atoms. The lowest BCUT2D eigenvalue weighted by Crippen LogP contribution is -2.42. The molecule has 2 fully saturated rings. The quantitative estimate of drug-likeness (QED) is 0.388. The number of hydrogen-bond donors (Lipinski definition) is 0. The summed E-state index contributed by atoms with van der Waals surface area (Å²) in [6, 6.07) is 10.9. The number of para-hydroxylation sites is 1. The number of ether oxygens (including phenoxy) is 1. The Kier molecular flexibility index (Phi) is 5.96. The first-order valence-corrected chi connectivity index (χ1v) is 11.7. The average molecular weight is 485 g/mol. The summed E-state index contributed by atoms with van der Waals surface area (Å²) < 4.78 is 20.5. The van der Waals surface area contributed by atoms with Crippen molar-refractivity contribution in [2.45, 2.75) is 25.4 Å². The van der Waals surface area contributed by atoms with Gasteiger partial charge in [-0.2, -0.15) is 4.39 Å². The lowest BCUT2D eigenvalue weighted by molar-refractivity contribution is -0.387. The van der Waals surface area contributed by atoms with Gasteiger partial charge in [0.2, 0.25) is 17.6 Å². The SMILES string of the molecule is O=C1CC(C(=O)N(CC2CCCO2)c2nc3ccccc3s2)CN1c1ccc(F)c([N+](=O)[O-])c1. The van der Waals surface area contributed by atoms with Crippen molar-refractivity contribution in [1.29, 1.82) is 0 Å². The van der Waals surface area contributed by atoms with Crippen molar-refractivity contribution in [3.05, 3.63) is 58.4 Å². The number of aromatic nitrogens is 1. The summed E-state index contributed by atoms with van der Waals surface area (Å²) in [5, 5.41) is 11.7. The minimum Gasteiger partial charge on any atom is -0.376 e. The van der Waals surface area contributed by atoms with Crippen molar-refractivity contribution < 1.29 is 23.6 Å². The zero-order valence-electron chi connectivity index (χ0n) is 18.1. The number of nitrogens with zero attached hydrogens (tertiary/aromatic N) is 4. The standard InChI is InChI=1S/C23H21FN4O5S/c24-17-8-7-15(11-19(17)28(31)32)26-12-14(10-21(26)29)22(30)27(13-16-4-3-9-33-16)23-25-18-5-1-2-6-20(18)34-23/h1-2,5-8,11,14,16H,3-4,9-10,12-13H2. The van der Waals surface area contributed by atoms with Gasteiger partial charge in [-0.15, -0.1) is 0 Å². The van der Waals surface area contributed by atoms with Crippen LogP contribution in [0.1, 0.15) is 19.3 Å². The van der Waals surface area contributed by atoms with Gasteiger partial charge in [-0.05, 0) is 37.1 Å². The third-order valence-electron chi connectivity index (χ3n) is 6.10. The predicted molar refractivity (Wildman–Crippen MR) is 124 cm³/mol. The van der Waals surface area contributed by atoms with Gasteiger partial charge in [0.25, 0.3) is 0 Å². The second-order valence-corrected chi connectivity index (χ2v) is 9.36. The van der Waals surface area contributed by atoms with Crippen LogP contribution >= 0.6 is 11.3 Å². The first kappa shape index (κ1) is 22.4. The molecule has 34 heavy (non-hydrogen) atoms. The monoisotopic (exact) mass is 484 g/mol. The number of benzene rings is 2. The molecular weight excluding hydrogens is 463 g/mol. The first-order chi connectivity index (χ1) is 16.4.